The average Bonchev–Trinajstić information content (AvgIpc) is 2.54. The van der Waals surface area contributed by atoms with E-state index in [9.17, 15) is 13.2 Å². The fourth-order valence-corrected chi connectivity index (χ4v) is 3.26. The molecule has 0 saturated heterocycles. The number of amides is 1. The summed E-state index contributed by atoms with van der Waals surface area (Å²) in [7, 11) is -0.809. The maximum Gasteiger partial charge on any atom is 0.240 e. The molecular weight excluding hydrogens is 332 g/mol. The first-order valence-corrected chi connectivity index (χ1v) is 9.33. The van der Waals surface area contributed by atoms with Crippen LogP contribution in [0.4, 0.5) is 0 Å². The molecule has 0 heterocycles. The van der Waals surface area contributed by atoms with Gasteiger partial charge in [-0.25, -0.2) is 13.1 Å². The Bertz CT molecular complexity index is 646. The normalized spacial score (nSPS) is 12.5. The van der Waals surface area contributed by atoms with Crippen molar-refractivity contribution >= 4 is 15.9 Å². The molecule has 0 aliphatic carbocycles. The number of carbonyl (C=O) groups is 1. The van der Waals surface area contributed by atoms with Gasteiger partial charge in [-0.2, -0.15) is 0 Å². The molecule has 24 heavy (non-hydrogen) atoms. The summed E-state index contributed by atoms with van der Waals surface area (Å²) in [6.45, 7) is 4.00. The van der Waals surface area contributed by atoms with Gasteiger partial charge in [0.05, 0.1) is 19.1 Å². The third-order valence-corrected chi connectivity index (χ3v) is 4.90. The van der Waals surface area contributed by atoms with Crippen LogP contribution in [-0.4, -0.2) is 41.1 Å². The van der Waals surface area contributed by atoms with Crippen molar-refractivity contribution in [2.45, 2.75) is 44.0 Å². The maximum absolute atomic E-state index is 12.3. The standard InChI is InChI=1S/C16H26N2O5S/c1-5-6-12(2)18-16(19)9-10-17-24(20,21)13-7-8-14(22-3)15(11-13)23-4/h7-8,11-12,17H,5-6,9-10H2,1-4H3,(H,18,19)/t12-/m1/s1. The van der Waals surface area contributed by atoms with Crippen LogP contribution in [0.1, 0.15) is 33.1 Å². The molecule has 1 atom stereocenters. The number of benzene rings is 1. The van der Waals surface area contributed by atoms with E-state index in [0.29, 0.717) is 11.5 Å². The van der Waals surface area contributed by atoms with Gasteiger partial charge in [-0.05, 0) is 25.5 Å². The molecule has 8 heteroatoms. The highest BCUT2D eigenvalue weighted by Crippen LogP contribution is 2.29. The lowest BCUT2D eigenvalue weighted by Gasteiger charge is -2.13. The summed E-state index contributed by atoms with van der Waals surface area (Å²) >= 11 is 0. The van der Waals surface area contributed by atoms with E-state index in [-0.39, 0.29) is 29.8 Å². The largest absolute Gasteiger partial charge is 0.493 e. The van der Waals surface area contributed by atoms with Gasteiger partial charge in [-0.1, -0.05) is 13.3 Å². The van der Waals surface area contributed by atoms with E-state index in [2.05, 4.69) is 10.0 Å². The van der Waals surface area contributed by atoms with E-state index in [1.54, 1.807) is 0 Å². The number of carbonyl (C=O) groups excluding carboxylic acids is 1. The average molecular weight is 358 g/mol. The van der Waals surface area contributed by atoms with Crippen LogP contribution in [-0.2, 0) is 14.8 Å². The fraction of sp³-hybridized carbons (Fsp3) is 0.562. The molecule has 1 rings (SSSR count). The highest BCUT2D eigenvalue weighted by Gasteiger charge is 2.17. The second-order valence-electron chi connectivity index (χ2n) is 5.42. The Kier molecular flexibility index (Phi) is 8.00. The molecule has 0 aromatic heterocycles. The molecule has 2 N–H and O–H groups in total. The molecule has 0 radical (unpaired) electrons. The van der Waals surface area contributed by atoms with Gasteiger partial charge in [0.2, 0.25) is 15.9 Å². The Morgan fingerprint density at radius 2 is 1.88 bits per heavy atom. The van der Waals surface area contributed by atoms with Gasteiger partial charge < -0.3 is 14.8 Å². The van der Waals surface area contributed by atoms with E-state index in [0.717, 1.165) is 12.8 Å². The smallest absolute Gasteiger partial charge is 0.240 e. The van der Waals surface area contributed by atoms with Crippen molar-refractivity contribution < 1.29 is 22.7 Å². The van der Waals surface area contributed by atoms with Crippen LogP contribution in [0.2, 0.25) is 0 Å². The monoisotopic (exact) mass is 358 g/mol. The third kappa shape index (κ3) is 6.01. The van der Waals surface area contributed by atoms with Gasteiger partial charge in [0.25, 0.3) is 0 Å². The van der Waals surface area contributed by atoms with Crippen molar-refractivity contribution in [3.05, 3.63) is 18.2 Å². The number of sulfonamides is 1. The molecule has 0 fully saturated rings. The van der Waals surface area contributed by atoms with E-state index >= 15 is 0 Å². The number of methoxy groups -OCH3 is 2. The van der Waals surface area contributed by atoms with Crippen LogP contribution >= 0.6 is 0 Å². The van der Waals surface area contributed by atoms with Crippen LogP contribution in [0.5, 0.6) is 11.5 Å². The lowest BCUT2D eigenvalue weighted by atomic mass is 10.2. The first-order valence-electron chi connectivity index (χ1n) is 7.85. The van der Waals surface area contributed by atoms with Gasteiger partial charge in [0.15, 0.2) is 11.5 Å². The lowest BCUT2D eigenvalue weighted by molar-refractivity contribution is -0.121. The Labute approximate surface area is 143 Å². The first kappa shape index (κ1) is 20.2. The predicted molar refractivity (Wildman–Crippen MR) is 91.9 cm³/mol. The summed E-state index contributed by atoms with van der Waals surface area (Å²) in [6, 6.07) is 4.41. The second-order valence-corrected chi connectivity index (χ2v) is 7.19. The number of hydrogen-bond donors (Lipinski definition) is 2. The number of hydrogen-bond acceptors (Lipinski definition) is 5. The Morgan fingerprint density at radius 3 is 2.46 bits per heavy atom. The van der Waals surface area contributed by atoms with Crippen molar-refractivity contribution in [3.8, 4) is 11.5 Å². The summed E-state index contributed by atoms with van der Waals surface area (Å²) in [5.41, 5.74) is 0. The molecule has 7 nitrogen and oxygen atoms in total. The molecule has 0 aliphatic rings. The van der Waals surface area contributed by atoms with Crippen LogP contribution < -0.4 is 19.5 Å². The van der Waals surface area contributed by atoms with Crippen molar-refractivity contribution in [2.24, 2.45) is 0 Å². The van der Waals surface area contributed by atoms with Crippen molar-refractivity contribution in [1.82, 2.24) is 10.0 Å². The Hall–Kier alpha value is -1.80. The molecule has 0 spiro atoms. The van der Waals surface area contributed by atoms with Gasteiger partial charge in [-0.15, -0.1) is 0 Å². The maximum atomic E-state index is 12.3. The van der Waals surface area contributed by atoms with Crippen LogP contribution in [0.3, 0.4) is 0 Å². The zero-order valence-electron chi connectivity index (χ0n) is 14.6. The molecule has 0 aliphatic heterocycles. The minimum Gasteiger partial charge on any atom is -0.493 e. The first-order chi connectivity index (χ1) is 11.3. The van der Waals surface area contributed by atoms with E-state index in [4.69, 9.17) is 9.47 Å². The van der Waals surface area contributed by atoms with Crippen LogP contribution in [0.15, 0.2) is 23.1 Å². The summed E-state index contributed by atoms with van der Waals surface area (Å²) in [6.07, 6.45) is 1.96. The van der Waals surface area contributed by atoms with E-state index in [1.807, 2.05) is 13.8 Å². The quantitative estimate of drug-likeness (QED) is 0.664. The summed E-state index contributed by atoms with van der Waals surface area (Å²) in [5.74, 6) is 0.596. The van der Waals surface area contributed by atoms with E-state index in [1.165, 1.54) is 32.4 Å². The van der Waals surface area contributed by atoms with Crippen LogP contribution in [0, 0.1) is 0 Å². The zero-order valence-corrected chi connectivity index (χ0v) is 15.4. The molecular formula is C16H26N2O5S. The minimum absolute atomic E-state index is 0.0291. The highest BCUT2D eigenvalue weighted by molar-refractivity contribution is 7.89. The van der Waals surface area contributed by atoms with Crippen molar-refractivity contribution in [2.75, 3.05) is 20.8 Å². The molecule has 0 bridgehead atoms. The molecule has 0 saturated carbocycles. The van der Waals surface area contributed by atoms with Gasteiger partial charge in [0, 0.05) is 25.1 Å². The molecule has 1 aromatic carbocycles. The molecule has 136 valence electrons. The molecule has 0 unspecified atom stereocenters. The summed E-state index contributed by atoms with van der Waals surface area (Å²) < 4.78 is 37.1. The second kappa shape index (κ2) is 9.48. The summed E-state index contributed by atoms with van der Waals surface area (Å²) in [5, 5.41) is 2.83. The Morgan fingerprint density at radius 1 is 1.21 bits per heavy atom. The SMILES string of the molecule is CCC[C@@H](C)NC(=O)CCNS(=O)(=O)c1ccc(OC)c(OC)c1. The van der Waals surface area contributed by atoms with Gasteiger partial charge >= 0.3 is 0 Å². The molecule has 1 aromatic rings. The van der Waals surface area contributed by atoms with Gasteiger partial charge in [-0.3, -0.25) is 4.79 Å². The Balaban J connectivity index is 2.62. The fourth-order valence-electron chi connectivity index (χ4n) is 2.22. The zero-order chi connectivity index (χ0) is 18.2. The third-order valence-electron chi connectivity index (χ3n) is 3.44. The highest BCUT2D eigenvalue weighted by atomic mass is 32.2. The number of nitrogens with one attached hydrogen (secondary N) is 2. The number of rotatable bonds is 10. The topological polar surface area (TPSA) is 93.7 Å². The summed E-state index contributed by atoms with van der Waals surface area (Å²) in [4.78, 5) is 11.8. The lowest BCUT2D eigenvalue weighted by Crippen LogP contribution is -2.35. The predicted octanol–water partition coefficient (Wildman–Crippen LogP) is 1.68. The van der Waals surface area contributed by atoms with Crippen molar-refractivity contribution in [1.29, 1.82) is 0 Å². The molecule has 1 amide bonds. The number of ether oxygens (including phenoxy) is 2. The van der Waals surface area contributed by atoms with Gasteiger partial charge in [0.1, 0.15) is 0 Å². The van der Waals surface area contributed by atoms with E-state index < -0.39 is 10.0 Å². The van der Waals surface area contributed by atoms with Crippen LogP contribution in [0.25, 0.3) is 0 Å². The van der Waals surface area contributed by atoms with Crippen molar-refractivity contribution in [3.63, 3.8) is 0 Å². The minimum atomic E-state index is -3.72.